The summed E-state index contributed by atoms with van der Waals surface area (Å²) in [6.45, 7) is 2.70. The predicted octanol–water partition coefficient (Wildman–Crippen LogP) is 3.50. The molecule has 0 aliphatic rings. The van der Waals surface area contributed by atoms with Crippen LogP contribution in [0.15, 0.2) is 53.4 Å². The van der Waals surface area contributed by atoms with E-state index < -0.39 is 10.0 Å². The van der Waals surface area contributed by atoms with Crippen LogP contribution in [0, 0.1) is 0 Å². The van der Waals surface area contributed by atoms with E-state index in [1.165, 1.54) is 18.6 Å². The van der Waals surface area contributed by atoms with Gasteiger partial charge in [0.05, 0.1) is 15.9 Å². The molecule has 34 heavy (non-hydrogen) atoms. The monoisotopic (exact) mass is 480 g/mol. The Morgan fingerprint density at radius 2 is 1.62 bits per heavy atom. The van der Waals surface area contributed by atoms with Crippen LogP contribution in [0.3, 0.4) is 0 Å². The van der Waals surface area contributed by atoms with Crippen molar-refractivity contribution in [2.45, 2.75) is 43.9 Å². The first kappa shape index (κ1) is 23.7. The van der Waals surface area contributed by atoms with Gasteiger partial charge in [0, 0.05) is 12.2 Å². The first-order valence-corrected chi connectivity index (χ1v) is 12.8. The third-order valence-electron chi connectivity index (χ3n) is 5.71. The summed E-state index contributed by atoms with van der Waals surface area (Å²) in [6.07, 6.45) is 5.41. The molecule has 0 unspecified atom stereocenters. The second-order valence-electron chi connectivity index (χ2n) is 8.19. The third-order valence-corrected chi connectivity index (χ3v) is 6.64. The lowest BCUT2D eigenvalue weighted by Gasteiger charge is -2.09. The molecule has 2 aromatic heterocycles. The van der Waals surface area contributed by atoms with Gasteiger partial charge in [0.1, 0.15) is 16.9 Å². The number of anilines is 1. The SMILES string of the molecule is CCCCCCCNC(=O)c1c(N)n(-c2ccc(S(N)(=O)=O)cc2)c2nc3ccccc3nc12. The topological polar surface area (TPSA) is 146 Å². The Hall–Kier alpha value is -3.50. The molecule has 178 valence electrons. The van der Waals surface area contributed by atoms with Crippen molar-refractivity contribution in [3.8, 4) is 5.69 Å². The molecular weight excluding hydrogens is 452 g/mol. The highest BCUT2D eigenvalue weighted by atomic mass is 32.2. The summed E-state index contributed by atoms with van der Waals surface area (Å²) in [5.74, 6) is -0.139. The fraction of sp³-hybridized carbons (Fsp3) is 0.292. The lowest BCUT2D eigenvalue weighted by atomic mass is 10.1. The third kappa shape index (κ3) is 4.73. The molecule has 2 aromatic carbocycles. The molecule has 9 nitrogen and oxygen atoms in total. The molecule has 10 heteroatoms. The van der Waals surface area contributed by atoms with Crippen molar-refractivity contribution in [1.29, 1.82) is 0 Å². The summed E-state index contributed by atoms with van der Waals surface area (Å²) < 4.78 is 24.9. The van der Waals surface area contributed by atoms with Crippen molar-refractivity contribution < 1.29 is 13.2 Å². The highest BCUT2D eigenvalue weighted by molar-refractivity contribution is 7.89. The molecule has 4 aromatic rings. The maximum absolute atomic E-state index is 13.2. The summed E-state index contributed by atoms with van der Waals surface area (Å²) in [6, 6.07) is 13.3. The number of carbonyl (C=O) groups excluding carboxylic acids is 1. The van der Waals surface area contributed by atoms with Gasteiger partial charge in [-0.3, -0.25) is 9.36 Å². The summed E-state index contributed by atoms with van der Waals surface area (Å²) in [4.78, 5) is 22.6. The fourth-order valence-electron chi connectivity index (χ4n) is 3.95. The second-order valence-corrected chi connectivity index (χ2v) is 9.75. The van der Waals surface area contributed by atoms with Crippen LogP contribution < -0.4 is 16.2 Å². The van der Waals surface area contributed by atoms with E-state index >= 15 is 0 Å². The van der Waals surface area contributed by atoms with Crippen molar-refractivity contribution >= 4 is 43.9 Å². The lowest BCUT2D eigenvalue weighted by Crippen LogP contribution is -2.25. The zero-order chi connectivity index (χ0) is 24.3. The Morgan fingerprint density at radius 3 is 2.26 bits per heavy atom. The normalized spacial score (nSPS) is 11.8. The number of benzene rings is 2. The number of rotatable bonds is 9. The van der Waals surface area contributed by atoms with E-state index in [0.717, 1.165) is 25.7 Å². The quantitative estimate of drug-likeness (QED) is 0.313. The molecule has 0 aliphatic carbocycles. The Morgan fingerprint density at radius 1 is 0.971 bits per heavy atom. The van der Waals surface area contributed by atoms with E-state index in [1.54, 1.807) is 16.7 Å². The Balaban J connectivity index is 1.77. The maximum Gasteiger partial charge on any atom is 0.257 e. The largest absolute Gasteiger partial charge is 0.384 e. The van der Waals surface area contributed by atoms with Crippen LogP contribution in [0.2, 0.25) is 0 Å². The smallest absolute Gasteiger partial charge is 0.257 e. The minimum absolute atomic E-state index is 0.0242. The number of unbranched alkanes of at least 4 members (excludes halogenated alkanes) is 4. The van der Waals surface area contributed by atoms with Gasteiger partial charge in [-0.15, -0.1) is 0 Å². The zero-order valence-electron chi connectivity index (χ0n) is 19.0. The molecular formula is C24H28N6O3S. The molecule has 0 saturated heterocycles. The molecule has 0 radical (unpaired) electrons. The standard InChI is InChI=1S/C24H28N6O3S/c1-2-3-4-5-8-15-27-24(31)20-21-23(29-19-10-7-6-9-18(19)28-21)30(22(20)25)16-11-13-17(14-12-16)34(26,32)33/h6-7,9-14H,2-5,8,15,25H2,1H3,(H,27,31)(H2,26,32,33). The van der Waals surface area contributed by atoms with Gasteiger partial charge in [-0.05, 0) is 42.8 Å². The molecule has 1 amide bonds. The van der Waals surface area contributed by atoms with E-state index in [9.17, 15) is 13.2 Å². The van der Waals surface area contributed by atoms with E-state index in [2.05, 4.69) is 12.2 Å². The number of hydrogen-bond donors (Lipinski definition) is 3. The average molecular weight is 481 g/mol. The van der Waals surface area contributed by atoms with Crippen LogP contribution in [0.4, 0.5) is 5.82 Å². The Bertz CT molecular complexity index is 1450. The van der Waals surface area contributed by atoms with E-state index in [4.69, 9.17) is 20.8 Å². The molecule has 0 saturated carbocycles. The number of nitrogen functional groups attached to an aromatic ring is 1. The van der Waals surface area contributed by atoms with E-state index in [0.29, 0.717) is 34.4 Å². The first-order valence-electron chi connectivity index (χ1n) is 11.3. The van der Waals surface area contributed by atoms with Crippen molar-refractivity contribution in [2.75, 3.05) is 12.3 Å². The van der Waals surface area contributed by atoms with Gasteiger partial charge in [-0.25, -0.2) is 23.5 Å². The minimum atomic E-state index is -3.84. The number of primary sulfonamides is 1. The van der Waals surface area contributed by atoms with Gasteiger partial charge in [0.2, 0.25) is 10.0 Å². The summed E-state index contributed by atoms with van der Waals surface area (Å²) >= 11 is 0. The second kappa shape index (κ2) is 9.78. The number of sulfonamides is 1. The molecule has 5 N–H and O–H groups in total. The van der Waals surface area contributed by atoms with Gasteiger partial charge < -0.3 is 11.1 Å². The highest BCUT2D eigenvalue weighted by Gasteiger charge is 2.25. The number of fused-ring (bicyclic) bond motifs is 2. The fourth-order valence-corrected chi connectivity index (χ4v) is 4.47. The van der Waals surface area contributed by atoms with Crippen LogP contribution in [0.1, 0.15) is 49.4 Å². The average Bonchev–Trinajstić information content (AvgIpc) is 3.09. The van der Waals surface area contributed by atoms with Crippen molar-refractivity contribution in [3.05, 3.63) is 54.1 Å². The van der Waals surface area contributed by atoms with E-state index in [-0.39, 0.29) is 22.2 Å². The zero-order valence-corrected chi connectivity index (χ0v) is 19.8. The molecule has 0 atom stereocenters. The van der Waals surface area contributed by atoms with E-state index in [1.807, 2.05) is 24.3 Å². The summed E-state index contributed by atoms with van der Waals surface area (Å²) in [5, 5.41) is 8.18. The molecule has 0 spiro atoms. The number of nitrogens with one attached hydrogen (secondary N) is 1. The first-order chi connectivity index (χ1) is 16.3. The summed E-state index contributed by atoms with van der Waals surface area (Å²) in [7, 11) is -3.84. The van der Waals surface area contributed by atoms with Crippen LogP contribution in [0.5, 0.6) is 0 Å². The highest BCUT2D eigenvalue weighted by Crippen LogP contribution is 2.31. The number of aromatic nitrogens is 3. The molecule has 0 fully saturated rings. The molecule has 0 bridgehead atoms. The molecule has 4 rings (SSSR count). The summed E-state index contributed by atoms with van der Waals surface area (Å²) in [5.41, 5.74) is 9.36. The predicted molar refractivity (Wildman–Crippen MR) is 133 cm³/mol. The lowest BCUT2D eigenvalue weighted by molar-refractivity contribution is 0.0955. The van der Waals surface area contributed by atoms with Crippen LogP contribution >= 0.6 is 0 Å². The Labute approximate surface area is 198 Å². The van der Waals surface area contributed by atoms with Crippen molar-refractivity contribution in [1.82, 2.24) is 19.9 Å². The van der Waals surface area contributed by atoms with Gasteiger partial charge >= 0.3 is 0 Å². The number of carbonyl (C=O) groups is 1. The van der Waals surface area contributed by atoms with Crippen LogP contribution in [-0.4, -0.2) is 35.4 Å². The number of nitrogens with zero attached hydrogens (tertiary/aromatic N) is 3. The maximum atomic E-state index is 13.2. The van der Waals surface area contributed by atoms with Gasteiger partial charge in [0.15, 0.2) is 5.65 Å². The van der Waals surface area contributed by atoms with Gasteiger partial charge in [-0.1, -0.05) is 44.7 Å². The minimum Gasteiger partial charge on any atom is -0.384 e. The number of para-hydroxylation sites is 2. The molecule has 0 aliphatic heterocycles. The van der Waals surface area contributed by atoms with Crippen molar-refractivity contribution in [2.24, 2.45) is 5.14 Å². The van der Waals surface area contributed by atoms with Crippen molar-refractivity contribution in [3.63, 3.8) is 0 Å². The number of hydrogen-bond acceptors (Lipinski definition) is 6. The number of nitrogens with two attached hydrogens (primary N) is 2. The molecule has 2 heterocycles. The van der Waals surface area contributed by atoms with Gasteiger partial charge in [0.25, 0.3) is 5.91 Å². The van der Waals surface area contributed by atoms with Gasteiger partial charge in [-0.2, -0.15) is 0 Å². The Kier molecular flexibility index (Phi) is 6.80. The van der Waals surface area contributed by atoms with Crippen LogP contribution in [0.25, 0.3) is 27.9 Å². The van der Waals surface area contributed by atoms with Crippen LogP contribution in [-0.2, 0) is 10.0 Å². The number of amides is 1.